The Morgan fingerprint density at radius 3 is 2.59 bits per heavy atom. The number of hydrogen-bond acceptors (Lipinski definition) is 5. The van der Waals surface area contributed by atoms with Crippen molar-refractivity contribution in [2.45, 2.75) is 26.7 Å². The first kappa shape index (κ1) is 29.6. The van der Waals surface area contributed by atoms with Gasteiger partial charge in [-0.05, 0) is 73.5 Å². The fourth-order valence-corrected chi connectivity index (χ4v) is 9.04. The number of amides is 1. The number of halogens is 1. The number of anilines is 2. The van der Waals surface area contributed by atoms with Crippen LogP contribution in [0.3, 0.4) is 0 Å². The molecule has 10 heteroatoms. The minimum absolute atomic E-state index is 0.0310. The smallest absolute Gasteiger partial charge is 0.258 e. The lowest BCUT2D eigenvalue weighted by molar-refractivity contribution is -0.125. The fourth-order valence-electron chi connectivity index (χ4n) is 6.12. The fraction of sp³-hybridized carbons (Fsp3) is 0.265. The van der Waals surface area contributed by atoms with E-state index in [1.807, 2.05) is 80.1 Å². The van der Waals surface area contributed by atoms with Crippen LogP contribution < -0.4 is 21.5 Å². The molecular formula is C34H35FN5O3P. The van der Waals surface area contributed by atoms with Crippen LogP contribution in [-0.2, 0) is 16.4 Å². The lowest BCUT2D eigenvalue weighted by Gasteiger charge is -2.28. The maximum absolute atomic E-state index is 13.6. The van der Waals surface area contributed by atoms with Crippen molar-refractivity contribution < 1.29 is 13.8 Å². The van der Waals surface area contributed by atoms with Gasteiger partial charge in [0.2, 0.25) is 11.9 Å². The number of H-pyrrole nitrogens is 1. The third kappa shape index (κ3) is 5.60. The molecule has 6 rings (SSSR count). The van der Waals surface area contributed by atoms with Gasteiger partial charge in [-0.15, -0.1) is 0 Å². The van der Waals surface area contributed by atoms with Gasteiger partial charge in [0.25, 0.3) is 5.56 Å². The maximum atomic E-state index is 13.6. The number of carbonyl (C=O) groups excluding carboxylic acids is 1. The van der Waals surface area contributed by atoms with E-state index in [0.717, 1.165) is 27.5 Å². The molecule has 44 heavy (non-hydrogen) atoms. The number of aromatic amines is 1. The maximum Gasteiger partial charge on any atom is 0.258 e. The van der Waals surface area contributed by atoms with Crippen LogP contribution >= 0.6 is 7.14 Å². The van der Waals surface area contributed by atoms with Gasteiger partial charge in [-0.25, -0.2) is 9.37 Å². The highest BCUT2D eigenvalue weighted by atomic mass is 31.2. The van der Waals surface area contributed by atoms with E-state index < -0.39 is 7.14 Å². The van der Waals surface area contributed by atoms with E-state index in [4.69, 9.17) is 0 Å². The van der Waals surface area contributed by atoms with Crippen molar-refractivity contribution in [1.29, 1.82) is 0 Å². The summed E-state index contributed by atoms with van der Waals surface area (Å²) in [5, 5.41) is 8.48. The SMILES string of the molecule is Cc1cc(F)ccc1Nc1nc2ccc3c(C)c(C=CCNC(=O)[C@H]4CC[P@@](=O)(c5ccccc5)CC4)[nH]c(=O)c3c2n1C. The largest absolute Gasteiger partial charge is 0.352 e. The van der Waals surface area contributed by atoms with Crippen LogP contribution in [0, 0.1) is 25.6 Å². The van der Waals surface area contributed by atoms with E-state index in [9.17, 15) is 18.5 Å². The van der Waals surface area contributed by atoms with Gasteiger partial charge < -0.3 is 24.7 Å². The molecule has 1 aliphatic heterocycles. The minimum Gasteiger partial charge on any atom is -0.352 e. The highest BCUT2D eigenvalue weighted by molar-refractivity contribution is 7.71. The average molecular weight is 612 g/mol. The summed E-state index contributed by atoms with van der Waals surface area (Å²) in [4.78, 5) is 33.9. The van der Waals surface area contributed by atoms with E-state index in [1.165, 1.54) is 12.1 Å². The first-order valence-corrected chi connectivity index (χ1v) is 16.9. The molecule has 0 spiro atoms. The number of aryl methyl sites for hydroxylation is 3. The summed E-state index contributed by atoms with van der Waals surface area (Å²) < 4.78 is 28.8. The Balaban J connectivity index is 1.15. The molecule has 8 nitrogen and oxygen atoms in total. The summed E-state index contributed by atoms with van der Waals surface area (Å²) in [7, 11) is -0.590. The van der Waals surface area contributed by atoms with Crippen molar-refractivity contribution >= 4 is 57.9 Å². The molecule has 2 aromatic heterocycles. The Bertz CT molecular complexity index is 2020. The number of nitrogens with one attached hydrogen (secondary N) is 3. The second-order valence-corrected chi connectivity index (χ2v) is 14.7. The van der Waals surface area contributed by atoms with Crippen LogP contribution in [0.5, 0.6) is 0 Å². The molecule has 3 aromatic carbocycles. The summed E-state index contributed by atoms with van der Waals surface area (Å²) in [6.07, 6.45) is 5.98. The third-order valence-corrected chi connectivity index (χ3v) is 11.9. The van der Waals surface area contributed by atoms with Gasteiger partial charge in [-0.3, -0.25) is 9.59 Å². The van der Waals surface area contributed by atoms with E-state index in [-0.39, 0.29) is 23.2 Å². The van der Waals surface area contributed by atoms with Gasteiger partial charge in [0, 0.05) is 48.5 Å². The monoisotopic (exact) mass is 611 g/mol. The third-order valence-electron chi connectivity index (χ3n) is 8.71. The molecule has 3 N–H and O–H groups in total. The summed E-state index contributed by atoms with van der Waals surface area (Å²) in [5.74, 6) is 0.0551. The Morgan fingerprint density at radius 1 is 1.11 bits per heavy atom. The molecule has 0 atom stereocenters. The molecule has 226 valence electrons. The molecule has 1 fully saturated rings. The van der Waals surface area contributed by atoms with Crippen molar-refractivity contribution in [2.24, 2.45) is 13.0 Å². The number of benzene rings is 3. The zero-order valence-corrected chi connectivity index (χ0v) is 25.9. The highest BCUT2D eigenvalue weighted by Crippen LogP contribution is 2.50. The van der Waals surface area contributed by atoms with Gasteiger partial charge in [0.15, 0.2) is 0 Å². The van der Waals surface area contributed by atoms with Crippen LogP contribution in [0.2, 0.25) is 0 Å². The molecule has 0 saturated carbocycles. The predicted molar refractivity (Wildman–Crippen MR) is 176 cm³/mol. The molecule has 0 aliphatic carbocycles. The molecular weight excluding hydrogens is 576 g/mol. The van der Waals surface area contributed by atoms with Gasteiger partial charge in [0.05, 0.1) is 16.4 Å². The van der Waals surface area contributed by atoms with Crippen molar-refractivity contribution in [3.8, 4) is 0 Å². The van der Waals surface area contributed by atoms with E-state index in [0.29, 0.717) is 59.8 Å². The number of hydrogen-bond donors (Lipinski definition) is 3. The van der Waals surface area contributed by atoms with Crippen LogP contribution in [0.25, 0.3) is 27.9 Å². The van der Waals surface area contributed by atoms with Gasteiger partial charge >= 0.3 is 0 Å². The number of pyridine rings is 1. The van der Waals surface area contributed by atoms with Gasteiger partial charge in [-0.1, -0.05) is 42.5 Å². The normalized spacial score (nSPS) is 18.7. The second-order valence-electron chi connectivity index (χ2n) is 11.5. The van der Waals surface area contributed by atoms with E-state index >= 15 is 0 Å². The zero-order valence-electron chi connectivity index (χ0n) is 25.0. The highest BCUT2D eigenvalue weighted by Gasteiger charge is 2.34. The Morgan fingerprint density at radius 2 is 1.86 bits per heavy atom. The topological polar surface area (TPSA) is 109 Å². The molecule has 1 amide bonds. The second kappa shape index (κ2) is 11.9. The van der Waals surface area contributed by atoms with Crippen LogP contribution in [0.1, 0.15) is 29.7 Å². The van der Waals surface area contributed by atoms with Crippen molar-refractivity contribution in [1.82, 2.24) is 19.9 Å². The molecule has 5 aromatic rings. The summed E-state index contributed by atoms with van der Waals surface area (Å²) >= 11 is 0. The lowest BCUT2D eigenvalue weighted by atomic mass is 10.0. The number of fused-ring (bicyclic) bond motifs is 3. The lowest BCUT2D eigenvalue weighted by Crippen LogP contribution is -2.34. The first-order chi connectivity index (χ1) is 21.1. The summed E-state index contributed by atoms with van der Waals surface area (Å²) in [6.45, 7) is 4.09. The van der Waals surface area contributed by atoms with Crippen LogP contribution in [-0.4, -0.2) is 39.3 Å². The summed E-state index contributed by atoms with van der Waals surface area (Å²) in [6, 6.07) is 17.9. The molecule has 0 unspecified atom stereocenters. The number of carbonyl (C=O) groups is 1. The Kier molecular flexibility index (Phi) is 7.99. The van der Waals surface area contributed by atoms with E-state index in [1.54, 1.807) is 6.07 Å². The zero-order chi connectivity index (χ0) is 31.0. The standard InChI is InChI=1S/C34H35FN5O3P/c1-21-20-24(35)11-13-27(21)38-34-39-29-14-12-26-22(2)28(37-33(42)30(26)31(29)40(34)3)10-7-17-36-32(41)23-15-18-44(43,19-16-23)25-8-5-4-6-9-25/h4-14,20,23H,15-19H2,1-3H3,(H,36,41)(H,37,42)(H,38,39)/t23-,44-. The molecule has 1 aliphatic rings. The Hall–Kier alpha value is -4.49. The van der Waals surface area contributed by atoms with Crippen LogP contribution in [0.4, 0.5) is 16.0 Å². The number of imidazole rings is 1. The predicted octanol–water partition coefficient (Wildman–Crippen LogP) is 6.14. The molecule has 0 radical (unpaired) electrons. The minimum atomic E-state index is -2.43. The quantitative estimate of drug-likeness (QED) is 0.192. The first-order valence-electron chi connectivity index (χ1n) is 14.8. The van der Waals surface area contributed by atoms with Crippen LogP contribution in [0.15, 0.2) is 71.5 Å². The number of rotatable bonds is 7. The molecule has 0 bridgehead atoms. The molecule has 1 saturated heterocycles. The van der Waals surface area contributed by atoms with Crippen molar-refractivity contribution in [3.05, 3.63) is 99.7 Å². The Labute approximate surface area is 254 Å². The molecule has 3 heterocycles. The van der Waals surface area contributed by atoms with Gasteiger partial charge in [-0.2, -0.15) is 0 Å². The van der Waals surface area contributed by atoms with Gasteiger partial charge in [0.1, 0.15) is 13.0 Å². The number of aromatic nitrogens is 3. The average Bonchev–Trinajstić information content (AvgIpc) is 3.34. The van der Waals surface area contributed by atoms with Crippen molar-refractivity contribution in [2.75, 3.05) is 24.2 Å². The van der Waals surface area contributed by atoms with Crippen molar-refractivity contribution in [3.63, 3.8) is 0 Å². The number of nitrogens with zero attached hydrogens (tertiary/aromatic N) is 2. The summed E-state index contributed by atoms with van der Waals surface area (Å²) in [5.41, 5.74) is 4.17. The van der Waals surface area contributed by atoms with E-state index in [2.05, 4.69) is 20.6 Å².